The summed E-state index contributed by atoms with van der Waals surface area (Å²) in [6.45, 7) is 8.25. The predicted molar refractivity (Wildman–Crippen MR) is 61.2 cm³/mol. The fourth-order valence-electron chi connectivity index (χ4n) is 1.06. The second kappa shape index (κ2) is 5.83. The molecule has 0 saturated heterocycles. The molecular weight excluding hydrogens is 216 g/mol. The molecule has 3 nitrogen and oxygen atoms in total. The van der Waals surface area contributed by atoms with E-state index >= 15 is 0 Å². The van der Waals surface area contributed by atoms with Crippen LogP contribution in [0.3, 0.4) is 0 Å². The third-order valence-corrected chi connectivity index (χ3v) is 2.45. The van der Waals surface area contributed by atoms with Gasteiger partial charge in [0.1, 0.15) is 0 Å². The molecule has 0 aliphatic rings. The van der Waals surface area contributed by atoms with E-state index in [1.165, 1.54) is 0 Å². The Labute approximate surface area is 97.1 Å². The zero-order chi connectivity index (χ0) is 12.1. The second-order valence-corrected chi connectivity index (χ2v) is 5.28. The average Bonchev–Trinajstić information content (AvgIpc) is 2.00. The number of rotatable bonds is 7. The molecule has 0 amide bonds. The molecule has 0 aromatic heterocycles. The van der Waals surface area contributed by atoms with Crippen LogP contribution in [-0.2, 0) is 14.3 Å². The third-order valence-electron chi connectivity index (χ3n) is 2.31. The van der Waals surface area contributed by atoms with Crippen molar-refractivity contribution in [2.45, 2.75) is 51.7 Å². The van der Waals surface area contributed by atoms with Crippen molar-refractivity contribution in [2.75, 3.05) is 13.7 Å². The number of carbonyl (C=O) groups excluding carboxylic acids is 1. The lowest BCUT2D eigenvalue weighted by atomic mass is 10.0. The minimum absolute atomic E-state index is 0.193. The Balaban J connectivity index is 3.89. The number of carbonyl (C=O) groups is 1. The largest absolute Gasteiger partial charge is 0.379 e. The van der Waals surface area contributed by atoms with Crippen molar-refractivity contribution in [3.63, 3.8) is 0 Å². The molecule has 0 fully saturated rings. The van der Waals surface area contributed by atoms with Gasteiger partial charge in [-0.05, 0) is 45.7 Å². The number of hydrogen-bond acceptors (Lipinski definition) is 3. The van der Waals surface area contributed by atoms with Gasteiger partial charge in [0, 0.05) is 7.11 Å². The van der Waals surface area contributed by atoms with Crippen molar-refractivity contribution in [2.24, 2.45) is 0 Å². The molecule has 4 heteroatoms. The van der Waals surface area contributed by atoms with Crippen LogP contribution in [0.1, 0.15) is 40.5 Å². The fraction of sp³-hybridized carbons (Fsp3) is 0.909. The highest BCUT2D eigenvalue weighted by Crippen LogP contribution is 2.19. The predicted octanol–water partition coefficient (Wildman–Crippen LogP) is 2.75. The van der Waals surface area contributed by atoms with Crippen molar-refractivity contribution in [1.29, 1.82) is 0 Å². The summed E-state index contributed by atoms with van der Waals surface area (Å²) < 4.78 is 10.9. The van der Waals surface area contributed by atoms with Gasteiger partial charge >= 0.3 is 0 Å². The first kappa shape index (κ1) is 14.9. The van der Waals surface area contributed by atoms with Crippen LogP contribution in [0, 0.1) is 0 Å². The number of halogens is 1. The Hall–Kier alpha value is -0.120. The quantitative estimate of drug-likeness (QED) is 0.638. The topological polar surface area (TPSA) is 35.5 Å². The molecule has 0 aliphatic carbocycles. The van der Waals surface area contributed by atoms with Gasteiger partial charge in [0.15, 0.2) is 0 Å². The van der Waals surface area contributed by atoms with E-state index in [0.29, 0.717) is 6.61 Å². The van der Waals surface area contributed by atoms with E-state index in [4.69, 9.17) is 21.1 Å². The Morgan fingerprint density at radius 1 is 1.20 bits per heavy atom. The van der Waals surface area contributed by atoms with Gasteiger partial charge in [-0.3, -0.25) is 4.79 Å². The summed E-state index contributed by atoms with van der Waals surface area (Å²) in [4.78, 5) is 10.7. The van der Waals surface area contributed by atoms with E-state index in [0.717, 1.165) is 6.42 Å². The van der Waals surface area contributed by atoms with E-state index < -0.39 is 5.60 Å². The number of hydrogen-bond donors (Lipinski definition) is 0. The molecule has 0 rings (SSSR count). The molecule has 0 aromatic carbocycles. The highest BCUT2D eigenvalue weighted by atomic mass is 35.5. The van der Waals surface area contributed by atoms with Crippen LogP contribution in [0.25, 0.3) is 0 Å². The molecule has 0 heterocycles. The summed E-state index contributed by atoms with van der Waals surface area (Å²) in [5.41, 5.74) is -0.691. The molecule has 0 saturated carbocycles. The van der Waals surface area contributed by atoms with Crippen molar-refractivity contribution >= 4 is 16.8 Å². The van der Waals surface area contributed by atoms with Crippen LogP contribution in [0.2, 0.25) is 0 Å². The van der Waals surface area contributed by atoms with Gasteiger partial charge in [0.2, 0.25) is 5.24 Å². The maximum atomic E-state index is 10.7. The number of ether oxygens (including phenoxy) is 2. The molecule has 0 unspecified atom stereocenters. The minimum atomic E-state index is -0.497. The van der Waals surface area contributed by atoms with Gasteiger partial charge in [0.25, 0.3) is 0 Å². The lowest BCUT2D eigenvalue weighted by Crippen LogP contribution is -2.31. The van der Waals surface area contributed by atoms with Crippen molar-refractivity contribution < 1.29 is 14.3 Å². The van der Waals surface area contributed by atoms with E-state index in [-0.39, 0.29) is 17.3 Å². The maximum absolute atomic E-state index is 10.7. The van der Waals surface area contributed by atoms with Crippen molar-refractivity contribution in [3.05, 3.63) is 0 Å². The minimum Gasteiger partial charge on any atom is -0.379 e. The monoisotopic (exact) mass is 236 g/mol. The molecule has 0 radical (unpaired) electrons. The lowest BCUT2D eigenvalue weighted by molar-refractivity contribution is -0.118. The van der Waals surface area contributed by atoms with Crippen LogP contribution in [0.15, 0.2) is 0 Å². The van der Waals surface area contributed by atoms with Crippen LogP contribution < -0.4 is 0 Å². The Bertz CT molecular complexity index is 212. The third kappa shape index (κ3) is 7.77. The molecule has 0 bridgehead atoms. The second-order valence-electron chi connectivity index (χ2n) is 4.85. The first-order valence-electron chi connectivity index (χ1n) is 5.06. The number of methoxy groups -OCH3 is 1. The standard InChI is InChI=1S/C11H21ClO3/c1-10(2,14-5)6-7-15-11(3,4)8-9(12)13/h6-8H2,1-5H3. The zero-order valence-corrected chi connectivity index (χ0v) is 11.0. The molecule has 0 spiro atoms. The normalized spacial score (nSPS) is 12.9. The molecule has 0 N–H and O–H groups in total. The van der Waals surface area contributed by atoms with Gasteiger partial charge < -0.3 is 9.47 Å². The smallest absolute Gasteiger partial charge is 0.224 e. The average molecular weight is 237 g/mol. The molecule has 0 aromatic rings. The van der Waals surface area contributed by atoms with Crippen LogP contribution >= 0.6 is 11.6 Å². The maximum Gasteiger partial charge on any atom is 0.224 e. The van der Waals surface area contributed by atoms with Gasteiger partial charge in [0.05, 0.1) is 24.2 Å². The Morgan fingerprint density at radius 3 is 2.13 bits per heavy atom. The molecule has 0 atom stereocenters. The summed E-state index contributed by atoms with van der Waals surface area (Å²) in [6, 6.07) is 0. The Kier molecular flexibility index (Phi) is 5.78. The summed E-state index contributed by atoms with van der Waals surface area (Å²) in [5, 5.41) is -0.369. The van der Waals surface area contributed by atoms with E-state index in [1.807, 2.05) is 27.7 Å². The van der Waals surface area contributed by atoms with Crippen molar-refractivity contribution in [1.82, 2.24) is 0 Å². The van der Waals surface area contributed by atoms with Crippen LogP contribution in [-0.4, -0.2) is 30.2 Å². The fourth-order valence-corrected chi connectivity index (χ4v) is 1.38. The zero-order valence-electron chi connectivity index (χ0n) is 10.2. The van der Waals surface area contributed by atoms with Gasteiger partial charge in [-0.1, -0.05) is 0 Å². The Morgan fingerprint density at radius 2 is 1.73 bits per heavy atom. The molecule has 90 valence electrons. The van der Waals surface area contributed by atoms with Gasteiger partial charge in [-0.25, -0.2) is 0 Å². The molecular formula is C11H21ClO3. The highest BCUT2D eigenvalue weighted by molar-refractivity contribution is 6.63. The molecule has 0 aliphatic heterocycles. The van der Waals surface area contributed by atoms with E-state index in [2.05, 4.69) is 0 Å². The summed E-state index contributed by atoms with van der Waals surface area (Å²) in [5.74, 6) is 0. The highest BCUT2D eigenvalue weighted by Gasteiger charge is 2.23. The van der Waals surface area contributed by atoms with E-state index in [1.54, 1.807) is 7.11 Å². The van der Waals surface area contributed by atoms with Crippen LogP contribution in [0.4, 0.5) is 0 Å². The first-order valence-corrected chi connectivity index (χ1v) is 5.44. The van der Waals surface area contributed by atoms with E-state index in [9.17, 15) is 4.79 Å². The van der Waals surface area contributed by atoms with Gasteiger partial charge in [-0.2, -0.15) is 0 Å². The summed E-state index contributed by atoms with van der Waals surface area (Å²) >= 11 is 5.31. The lowest BCUT2D eigenvalue weighted by Gasteiger charge is -2.27. The van der Waals surface area contributed by atoms with Crippen molar-refractivity contribution in [3.8, 4) is 0 Å². The summed E-state index contributed by atoms with van der Waals surface area (Å²) in [6.07, 6.45) is 1.01. The van der Waals surface area contributed by atoms with Gasteiger partial charge in [-0.15, -0.1) is 0 Å². The molecule has 15 heavy (non-hydrogen) atoms. The first-order chi connectivity index (χ1) is 6.68. The summed E-state index contributed by atoms with van der Waals surface area (Å²) in [7, 11) is 1.67. The van der Waals surface area contributed by atoms with Crippen LogP contribution in [0.5, 0.6) is 0 Å². The SMILES string of the molecule is COC(C)(C)CCOC(C)(C)CC(=O)Cl.